The van der Waals surface area contributed by atoms with Crippen LogP contribution in [0.5, 0.6) is 0 Å². The fraction of sp³-hybridized carbons (Fsp3) is 0.516. The molecule has 0 aliphatic rings. The van der Waals surface area contributed by atoms with Gasteiger partial charge >= 0.3 is 6.09 Å². The highest BCUT2D eigenvalue weighted by Gasteiger charge is 2.38. The quantitative estimate of drug-likeness (QED) is 0.349. The van der Waals surface area contributed by atoms with E-state index >= 15 is 0 Å². The Kier molecular flexibility index (Phi) is 11.8. The zero-order valence-electron chi connectivity index (χ0n) is 24.0. The highest BCUT2D eigenvalue weighted by atomic mass is 16.6. The first kappa shape index (κ1) is 30.9. The van der Waals surface area contributed by atoms with E-state index in [1.165, 1.54) is 0 Å². The van der Waals surface area contributed by atoms with E-state index in [1.807, 2.05) is 75.4 Å². The maximum atomic E-state index is 14.3. The van der Waals surface area contributed by atoms with Crippen LogP contribution in [-0.2, 0) is 20.7 Å². The number of unbranched alkanes of at least 4 members (excludes halogenated alkanes) is 2. The van der Waals surface area contributed by atoms with Gasteiger partial charge in [0, 0.05) is 19.0 Å². The van der Waals surface area contributed by atoms with Crippen molar-refractivity contribution in [2.75, 3.05) is 6.54 Å². The summed E-state index contributed by atoms with van der Waals surface area (Å²) in [7, 11) is 0. The summed E-state index contributed by atoms with van der Waals surface area (Å²) in [4.78, 5) is 42.4. The van der Waals surface area contributed by atoms with E-state index in [-0.39, 0.29) is 24.3 Å². The number of hydrogen-bond donors (Lipinski definition) is 2. The third-order valence-electron chi connectivity index (χ3n) is 6.17. The summed E-state index contributed by atoms with van der Waals surface area (Å²) >= 11 is 0. The molecule has 2 unspecified atom stereocenters. The minimum absolute atomic E-state index is 0.229. The summed E-state index contributed by atoms with van der Waals surface area (Å²) in [6.07, 6.45) is 2.52. The topological polar surface area (TPSA) is 87.7 Å². The van der Waals surface area contributed by atoms with Crippen LogP contribution in [0.1, 0.15) is 83.5 Å². The number of nitrogens with zero attached hydrogens (tertiary/aromatic N) is 1. The lowest BCUT2D eigenvalue weighted by Gasteiger charge is -2.37. The van der Waals surface area contributed by atoms with E-state index in [4.69, 9.17) is 4.74 Å². The van der Waals surface area contributed by atoms with E-state index in [1.54, 1.807) is 25.7 Å². The Labute approximate surface area is 228 Å². The van der Waals surface area contributed by atoms with Gasteiger partial charge in [-0.1, -0.05) is 74.4 Å². The van der Waals surface area contributed by atoms with Crippen molar-refractivity contribution in [3.8, 4) is 0 Å². The Morgan fingerprint density at radius 3 is 2.16 bits per heavy atom. The van der Waals surface area contributed by atoms with Gasteiger partial charge in [0.1, 0.15) is 17.7 Å². The summed E-state index contributed by atoms with van der Waals surface area (Å²) in [5.41, 5.74) is 1.85. The van der Waals surface area contributed by atoms with Crippen molar-refractivity contribution in [2.24, 2.45) is 0 Å². The normalized spacial score (nSPS) is 12.9. The Morgan fingerprint density at radius 1 is 0.947 bits per heavy atom. The summed E-state index contributed by atoms with van der Waals surface area (Å²) in [5, 5.41) is 5.84. The third-order valence-corrected chi connectivity index (χ3v) is 6.17. The Bertz CT molecular complexity index is 1050. The second kappa shape index (κ2) is 14.6. The SMILES string of the molecule is CCCCCNC(=O)C(c1ccccc1C)N(C(=O)C(Cc1ccccc1)NC(=O)OC(C)(C)C)C(C)C. The van der Waals surface area contributed by atoms with Crippen LogP contribution in [0, 0.1) is 6.92 Å². The van der Waals surface area contributed by atoms with E-state index in [9.17, 15) is 14.4 Å². The fourth-order valence-corrected chi connectivity index (χ4v) is 4.35. The van der Waals surface area contributed by atoms with Gasteiger partial charge in [-0.25, -0.2) is 4.79 Å². The van der Waals surface area contributed by atoms with Crippen LogP contribution >= 0.6 is 0 Å². The molecule has 0 bridgehead atoms. The van der Waals surface area contributed by atoms with E-state index < -0.39 is 23.8 Å². The summed E-state index contributed by atoms with van der Waals surface area (Å²) < 4.78 is 5.48. The van der Waals surface area contributed by atoms with E-state index in [0.717, 1.165) is 36.0 Å². The molecule has 0 saturated carbocycles. The Hall–Kier alpha value is -3.35. The number of aryl methyl sites for hydroxylation is 1. The largest absolute Gasteiger partial charge is 0.444 e. The predicted molar refractivity (Wildman–Crippen MR) is 152 cm³/mol. The average Bonchev–Trinajstić information content (AvgIpc) is 2.84. The number of rotatable bonds is 12. The molecule has 0 fully saturated rings. The summed E-state index contributed by atoms with van der Waals surface area (Å²) in [5.74, 6) is -0.570. The number of ether oxygens (including phenoxy) is 1. The van der Waals surface area contributed by atoms with Gasteiger partial charge in [0.05, 0.1) is 0 Å². The Balaban J connectivity index is 2.49. The molecule has 3 amide bonds. The van der Waals surface area contributed by atoms with Crippen molar-refractivity contribution >= 4 is 17.9 Å². The van der Waals surface area contributed by atoms with Crippen molar-refractivity contribution in [1.29, 1.82) is 0 Å². The molecule has 0 aliphatic carbocycles. The molecule has 0 spiro atoms. The zero-order valence-corrected chi connectivity index (χ0v) is 24.0. The van der Waals surface area contributed by atoms with Crippen LogP contribution in [0.25, 0.3) is 0 Å². The molecule has 7 nitrogen and oxygen atoms in total. The van der Waals surface area contributed by atoms with Crippen LogP contribution < -0.4 is 10.6 Å². The predicted octanol–water partition coefficient (Wildman–Crippen LogP) is 5.72. The van der Waals surface area contributed by atoms with Gasteiger partial charge in [-0.15, -0.1) is 0 Å². The Morgan fingerprint density at radius 2 is 1.58 bits per heavy atom. The van der Waals surface area contributed by atoms with E-state index in [0.29, 0.717) is 6.54 Å². The van der Waals surface area contributed by atoms with Crippen LogP contribution in [0.4, 0.5) is 4.79 Å². The molecular formula is C31H45N3O4. The number of nitrogens with one attached hydrogen (secondary N) is 2. The van der Waals surface area contributed by atoms with Crippen LogP contribution in [0.15, 0.2) is 54.6 Å². The number of hydrogen-bond acceptors (Lipinski definition) is 4. The van der Waals surface area contributed by atoms with Crippen LogP contribution in [0.2, 0.25) is 0 Å². The minimum atomic E-state index is -0.922. The number of carbonyl (C=O) groups is 3. The molecule has 0 radical (unpaired) electrons. The first-order valence-corrected chi connectivity index (χ1v) is 13.6. The maximum absolute atomic E-state index is 14.3. The number of carbonyl (C=O) groups excluding carboxylic acids is 3. The lowest BCUT2D eigenvalue weighted by molar-refractivity contribution is -0.144. The standard InChI is InChI=1S/C31H45N3O4/c1-8-9-15-20-32-28(35)27(25-19-14-13-16-23(25)4)34(22(2)3)29(36)26(21-24-17-11-10-12-18-24)33-30(37)38-31(5,6)7/h10-14,16-19,22,26-27H,8-9,15,20-21H2,1-7H3,(H,32,35)(H,33,37). The zero-order chi connectivity index (χ0) is 28.3. The molecule has 2 atom stereocenters. The van der Waals surface area contributed by atoms with Crippen LogP contribution in [0.3, 0.4) is 0 Å². The third kappa shape index (κ3) is 9.51. The molecule has 0 heterocycles. The van der Waals surface area contributed by atoms with Gasteiger partial charge in [-0.3, -0.25) is 9.59 Å². The maximum Gasteiger partial charge on any atom is 0.408 e. The van der Waals surface area contributed by atoms with Gasteiger partial charge in [0.2, 0.25) is 11.8 Å². The van der Waals surface area contributed by atoms with Crippen molar-refractivity contribution in [1.82, 2.24) is 15.5 Å². The first-order chi connectivity index (χ1) is 17.9. The van der Waals surface area contributed by atoms with Gasteiger partial charge < -0.3 is 20.3 Å². The van der Waals surface area contributed by atoms with Crippen molar-refractivity contribution in [2.45, 2.75) is 97.9 Å². The smallest absolute Gasteiger partial charge is 0.408 e. The molecule has 0 aliphatic heterocycles. The highest BCUT2D eigenvalue weighted by Crippen LogP contribution is 2.28. The van der Waals surface area contributed by atoms with Crippen molar-refractivity contribution in [3.63, 3.8) is 0 Å². The average molecular weight is 524 g/mol. The number of benzene rings is 2. The summed E-state index contributed by atoms with van der Waals surface area (Å²) in [6.45, 7) is 13.7. The minimum Gasteiger partial charge on any atom is -0.444 e. The van der Waals surface area contributed by atoms with Crippen molar-refractivity contribution < 1.29 is 19.1 Å². The number of alkyl carbamates (subject to hydrolysis) is 1. The van der Waals surface area contributed by atoms with Gasteiger partial charge in [0.15, 0.2) is 0 Å². The molecule has 2 aromatic carbocycles. The fourth-order valence-electron chi connectivity index (χ4n) is 4.35. The first-order valence-electron chi connectivity index (χ1n) is 13.6. The molecule has 0 saturated heterocycles. The molecule has 38 heavy (non-hydrogen) atoms. The lowest BCUT2D eigenvalue weighted by Crippen LogP contribution is -2.55. The molecule has 2 rings (SSSR count). The van der Waals surface area contributed by atoms with Gasteiger partial charge in [0.25, 0.3) is 0 Å². The van der Waals surface area contributed by atoms with Gasteiger partial charge in [-0.05, 0) is 64.7 Å². The van der Waals surface area contributed by atoms with Crippen LogP contribution in [-0.4, -0.2) is 47.0 Å². The second-order valence-electron chi connectivity index (χ2n) is 11.0. The second-order valence-corrected chi connectivity index (χ2v) is 11.0. The highest BCUT2D eigenvalue weighted by molar-refractivity contribution is 5.92. The molecular weight excluding hydrogens is 478 g/mol. The summed E-state index contributed by atoms with van der Waals surface area (Å²) in [6, 6.07) is 15.1. The monoisotopic (exact) mass is 523 g/mol. The molecule has 2 aromatic rings. The molecule has 2 N–H and O–H groups in total. The number of amides is 3. The van der Waals surface area contributed by atoms with E-state index in [2.05, 4.69) is 17.6 Å². The lowest BCUT2D eigenvalue weighted by atomic mass is 9.96. The molecule has 0 aromatic heterocycles. The van der Waals surface area contributed by atoms with Gasteiger partial charge in [-0.2, -0.15) is 0 Å². The molecule has 208 valence electrons. The molecule has 7 heteroatoms. The van der Waals surface area contributed by atoms with Crippen molar-refractivity contribution in [3.05, 3.63) is 71.3 Å².